The van der Waals surface area contributed by atoms with Gasteiger partial charge in [0.25, 0.3) is 0 Å². The van der Waals surface area contributed by atoms with Crippen molar-refractivity contribution in [2.24, 2.45) is 0 Å². The van der Waals surface area contributed by atoms with E-state index in [1.54, 1.807) is 20.8 Å². The van der Waals surface area contributed by atoms with E-state index in [1.807, 2.05) is 6.92 Å². The third-order valence-corrected chi connectivity index (χ3v) is 1.74. The zero-order valence-corrected chi connectivity index (χ0v) is 10.9. The van der Waals surface area contributed by atoms with E-state index in [9.17, 15) is 9.90 Å². The van der Waals surface area contributed by atoms with Crippen LogP contribution in [-0.2, 0) is 14.3 Å². The van der Waals surface area contributed by atoms with E-state index >= 15 is 0 Å². The Hall–Kier alpha value is -0.690. The molecule has 0 saturated carbocycles. The van der Waals surface area contributed by atoms with Gasteiger partial charge in [0.2, 0.25) is 6.41 Å². The van der Waals surface area contributed by atoms with Crippen LogP contribution in [0.25, 0.3) is 0 Å². The fraction of sp³-hybridized carbons (Fsp3) is 0.909. The highest BCUT2D eigenvalue weighted by molar-refractivity contribution is 5.73. The first-order valence-corrected chi connectivity index (χ1v) is 5.68. The Balaban J connectivity index is 4.11. The molecule has 17 heavy (non-hydrogen) atoms. The van der Waals surface area contributed by atoms with Gasteiger partial charge in [0.15, 0.2) is 0 Å². The molecule has 0 aromatic heterocycles. The van der Waals surface area contributed by atoms with Crippen LogP contribution in [0.15, 0.2) is 0 Å². The SMILES string of the molecule is CCCOC[C@@H](NC(O)OC(C)(C)C)C(=O)O. The Bertz CT molecular complexity index is 226. The Labute approximate surface area is 102 Å². The normalized spacial score (nSPS) is 15.6. The van der Waals surface area contributed by atoms with Crippen molar-refractivity contribution in [2.75, 3.05) is 13.2 Å². The summed E-state index contributed by atoms with van der Waals surface area (Å²) in [7, 11) is 0. The van der Waals surface area contributed by atoms with Gasteiger partial charge in [-0.25, -0.2) is 0 Å². The first kappa shape index (κ1) is 16.3. The highest BCUT2D eigenvalue weighted by atomic mass is 16.6. The Morgan fingerprint density at radius 3 is 2.41 bits per heavy atom. The van der Waals surface area contributed by atoms with Crippen LogP contribution in [-0.4, -0.2) is 47.5 Å². The lowest BCUT2D eigenvalue weighted by Gasteiger charge is -2.26. The van der Waals surface area contributed by atoms with Crippen molar-refractivity contribution in [3.63, 3.8) is 0 Å². The highest BCUT2D eigenvalue weighted by Crippen LogP contribution is 2.08. The lowest BCUT2D eigenvalue weighted by atomic mass is 10.2. The van der Waals surface area contributed by atoms with E-state index in [1.165, 1.54) is 0 Å². The monoisotopic (exact) mass is 249 g/mol. The largest absolute Gasteiger partial charge is 0.480 e. The third kappa shape index (κ3) is 9.05. The van der Waals surface area contributed by atoms with E-state index in [4.69, 9.17) is 14.6 Å². The summed E-state index contributed by atoms with van der Waals surface area (Å²) in [5.74, 6) is -1.09. The predicted molar refractivity (Wildman–Crippen MR) is 62.5 cm³/mol. The summed E-state index contributed by atoms with van der Waals surface area (Å²) in [5, 5.41) is 20.9. The molecule has 0 radical (unpaired) electrons. The van der Waals surface area contributed by atoms with Gasteiger partial charge >= 0.3 is 5.97 Å². The fourth-order valence-electron chi connectivity index (χ4n) is 1.08. The number of nitrogens with one attached hydrogen (secondary N) is 1. The van der Waals surface area contributed by atoms with Crippen molar-refractivity contribution >= 4 is 5.97 Å². The lowest BCUT2D eigenvalue weighted by Crippen LogP contribution is -2.49. The van der Waals surface area contributed by atoms with Crippen LogP contribution in [0.2, 0.25) is 0 Å². The standard InChI is InChI=1S/C11H23NO5/c1-5-6-16-7-8(9(13)14)12-10(15)17-11(2,3)4/h8,10,12,15H,5-7H2,1-4H3,(H,13,14)/t8-,10?/m1/s1. The van der Waals surface area contributed by atoms with Gasteiger partial charge in [-0.3, -0.25) is 10.1 Å². The summed E-state index contributed by atoms with van der Waals surface area (Å²) >= 11 is 0. The topological polar surface area (TPSA) is 88.0 Å². The summed E-state index contributed by atoms with van der Waals surface area (Å²) in [6.45, 7) is 7.71. The van der Waals surface area contributed by atoms with E-state index in [0.29, 0.717) is 6.61 Å². The number of aliphatic carboxylic acids is 1. The molecule has 0 saturated heterocycles. The summed E-state index contributed by atoms with van der Waals surface area (Å²) in [4.78, 5) is 10.9. The zero-order chi connectivity index (χ0) is 13.5. The zero-order valence-electron chi connectivity index (χ0n) is 10.9. The molecule has 3 N–H and O–H groups in total. The number of rotatable bonds is 8. The molecule has 0 aromatic rings. The number of aliphatic hydroxyl groups excluding tert-OH is 1. The molecule has 6 heteroatoms. The van der Waals surface area contributed by atoms with Crippen molar-refractivity contribution in [3.8, 4) is 0 Å². The molecule has 0 amide bonds. The minimum Gasteiger partial charge on any atom is -0.480 e. The van der Waals surface area contributed by atoms with Gasteiger partial charge in [0, 0.05) is 6.61 Å². The Morgan fingerprint density at radius 2 is 2.00 bits per heavy atom. The summed E-state index contributed by atoms with van der Waals surface area (Å²) < 4.78 is 10.3. The van der Waals surface area contributed by atoms with Crippen molar-refractivity contribution in [2.45, 2.75) is 52.2 Å². The molecule has 0 aliphatic heterocycles. The average Bonchev–Trinajstić information content (AvgIpc) is 2.13. The molecule has 6 nitrogen and oxygen atoms in total. The van der Waals surface area contributed by atoms with Gasteiger partial charge in [-0.1, -0.05) is 6.92 Å². The molecule has 0 fully saturated rings. The van der Waals surface area contributed by atoms with Gasteiger partial charge in [-0.2, -0.15) is 0 Å². The maximum atomic E-state index is 10.9. The van der Waals surface area contributed by atoms with Crippen molar-refractivity contribution < 1.29 is 24.5 Å². The predicted octanol–water partition coefficient (Wildman–Crippen LogP) is 0.547. The first-order chi connectivity index (χ1) is 7.76. The van der Waals surface area contributed by atoms with Crippen LogP contribution < -0.4 is 5.32 Å². The van der Waals surface area contributed by atoms with Crippen LogP contribution in [0.4, 0.5) is 0 Å². The van der Waals surface area contributed by atoms with E-state index in [0.717, 1.165) is 6.42 Å². The number of ether oxygens (including phenoxy) is 2. The molecule has 1 unspecified atom stereocenters. The maximum absolute atomic E-state index is 10.9. The van der Waals surface area contributed by atoms with Gasteiger partial charge in [0.05, 0.1) is 12.2 Å². The van der Waals surface area contributed by atoms with Crippen molar-refractivity contribution in [1.82, 2.24) is 5.32 Å². The molecule has 102 valence electrons. The van der Waals surface area contributed by atoms with Gasteiger partial charge < -0.3 is 19.7 Å². The molecule has 0 rings (SSSR count). The van der Waals surface area contributed by atoms with E-state index in [2.05, 4.69) is 5.32 Å². The second-order valence-electron chi connectivity index (χ2n) is 4.71. The number of hydrogen-bond acceptors (Lipinski definition) is 5. The number of carbonyl (C=O) groups is 1. The second-order valence-corrected chi connectivity index (χ2v) is 4.71. The van der Waals surface area contributed by atoms with Crippen molar-refractivity contribution in [1.29, 1.82) is 0 Å². The summed E-state index contributed by atoms with van der Waals surface area (Å²) in [6, 6.07) is -0.987. The van der Waals surface area contributed by atoms with Crippen LogP contribution in [0, 0.1) is 0 Å². The average molecular weight is 249 g/mol. The Kier molecular flexibility index (Phi) is 7.29. The maximum Gasteiger partial charge on any atom is 0.323 e. The number of carboxylic acids is 1. The van der Waals surface area contributed by atoms with Gasteiger partial charge in [-0.05, 0) is 27.2 Å². The summed E-state index contributed by atoms with van der Waals surface area (Å²) in [5.41, 5.74) is -0.556. The molecule has 0 bridgehead atoms. The molecule has 0 aromatic carbocycles. The molecular weight excluding hydrogens is 226 g/mol. The van der Waals surface area contributed by atoms with E-state index in [-0.39, 0.29) is 6.61 Å². The van der Waals surface area contributed by atoms with Gasteiger partial charge in [-0.15, -0.1) is 0 Å². The molecule has 0 aliphatic carbocycles. The molecule has 0 aliphatic rings. The molecule has 0 heterocycles. The molecular formula is C11H23NO5. The van der Waals surface area contributed by atoms with E-state index < -0.39 is 24.0 Å². The highest BCUT2D eigenvalue weighted by Gasteiger charge is 2.24. The summed E-state index contributed by atoms with van der Waals surface area (Å²) in [6.07, 6.45) is -0.519. The van der Waals surface area contributed by atoms with Gasteiger partial charge in [0.1, 0.15) is 6.04 Å². The van der Waals surface area contributed by atoms with Crippen LogP contribution >= 0.6 is 0 Å². The number of aliphatic hydroxyl groups is 1. The quantitative estimate of drug-likeness (QED) is 0.430. The molecule has 2 atom stereocenters. The number of hydrogen-bond donors (Lipinski definition) is 3. The third-order valence-electron chi connectivity index (χ3n) is 1.74. The Morgan fingerprint density at radius 1 is 1.41 bits per heavy atom. The van der Waals surface area contributed by atoms with Crippen LogP contribution in [0.1, 0.15) is 34.1 Å². The molecule has 0 spiro atoms. The smallest absolute Gasteiger partial charge is 0.323 e. The number of carboxylic acid groups (broad SMARTS) is 1. The first-order valence-electron chi connectivity index (χ1n) is 5.68. The van der Waals surface area contributed by atoms with Crippen molar-refractivity contribution in [3.05, 3.63) is 0 Å². The lowest BCUT2D eigenvalue weighted by molar-refractivity contribution is -0.191. The second kappa shape index (κ2) is 7.60. The van der Waals surface area contributed by atoms with Crippen LogP contribution in [0.5, 0.6) is 0 Å². The fourth-order valence-corrected chi connectivity index (χ4v) is 1.08. The minimum absolute atomic E-state index is 0.00621. The van der Waals surface area contributed by atoms with Crippen LogP contribution in [0.3, 0.4) is 0 Å². The minimum atomic E-state index is -1.33.